The number of esters is 1. The summed E-state index contributed by atoms with van der Waals surface area (Å²) < 4.78 is 41.0. The predicted molar refractivity (Wildman–Crippen MR) is 90.6 cm³/mol. The normalized spacial score (nSPS) is 20.4. The average Bonchev–Trinajstić information content (AvgIpc) is 2.69. The van der Waals surface area contributed by atoms with Crippen LogP contribution in [-0.4, -0.2) is 23.2 Å². The highest BCUT2D eigenvalue weighted by molar-refractivity contribution is 5.95. The summed E-state index contributed by atoms with van der Waals surface area (Å²) in [6, 6.07) is 0.849. The first-order chi connectivity index (χ1) is 12.4. The summed E-state index contributed by atoms with van der Waals surface area (Å²) in [5, 5.41) is -0.0650. The van der Waals surface area contributed by atoms with Gasteiger partial charge in [0.15, 0.2) is 11.6 Å². The molecule has 1 atom stereocenters. The topological polar surface area (TPSA) is 57.5 Å². The minimum atomic E-state index is -1.17. The molecule has 2 heterocycles. The number of pyridine rings is 1. The van der Waals surface area contributed by atoms with Crippen molar-refractivity contribution < 1.29 is 23.0 Å². The summed E-state index contributed by atoms with van der Waals surface area (Å²) in [7, 11) is 0. The Hall–Kier alpha value is -2.44. The van der Waals surface area contributed by atoms with E-state index in [1.807, 2.05) is 0 Å². The summed E-state index contributed by atoms with van der Waals surface area (Å²) in [5.74, 6) is -3.31. The van der Waals surface area contributed by atoms with Crippen molar-refractivity contribution in [3.05, 3.63) is 39.7 Å². The lowest BCUT2D eigenvalue weighted by molar-refractivity contribution is 0.0520. The second-order valence-electron chi connectivity index (χ2n) is 7.07. The number of ether oxygens (including phenoxy) is 2. The van der Waals surface area contributed by atoms with Crippen molar-refractivity contribution in [2.24, 2.45) is 0 Å². The first-order valence-corrected chi connectivity index (χ1v) is 8.79. The highest BCUT2D eigenvalue weighted by Crippen LogP contribution is 2.48. The standard InChI is InChI=1S/C19H19F2NO4/c1-3-25-18(24)12-9-22-15-11(16(12)23)7-13(20)14(21)17(15)26-10(2)8-19(22)5-4-6-19/h7,9-10H,3-6,8H2,1-2H3. The van der Waals surface area contributed by atoms with Crippen LogP contribution in [0.2, 0.25) is 0 Å². The molecule has 2 aromatic rings. The third kappa shape index (κ3) is 2.26. The molecule has 0 saturated heterocycles. The maximum absolute atomic E-state index is 14.5. The highest BCUT2D eigenvalue weighted by atomic mass is 19.2. The summed E-state index contributed by atoms with van der Waals surface area (Å²) in [6.45, 7) is 3.55. The lowest BCUT2D eigenvalue weighted by Crippen LogP contribution is -2.43. The summed E-state index contributed by atoms with van der Waals surface area (Å²) >= 11 is 0. The van der Waals surface area contributed by atoms with Crippen molar-refractivity contribution in [2.45, 2.75) is 51.2 Å². The quantitative estimate of drug-likeness (QED) is 0.767. The van der Waals surface area contributed by atoms with Gasteiger partial charge >= 0.3 is 5.97 Å². The number of carbonyl (C=O) groups excluding carboxylic acids is 1. The highest BCUT2D eigenvalue weighted by Gasteiger charge is 2.44. The van der Waals surface area contributed by atoms with Gasteiger partial charge < -0.3 is 14.0 Å². The van der Waals surface area contributed by atoms with Gasteiger partial charge in [-0.3, -0.25) is 4.79 Å². The van der Waals surface area contributed by atoms with E-state index < -0.39 is 23.0 Å². The monoisotopic (exact) mass is 363 g/mol. The fourth-order valence-corrected chi connectivity index (χ4v) is 4.14. The third-order valence-electron chi connectivity index (χ3n) is 5.42. The fourth-order valence-electron chi connectivity index (χ4n) is 4.14. The van der Waals surface area contributed by atoms with Crippen molar-refractivity contribution in [1.82, 2.24) is 4.57 Å². The molecule has 7 heteroatoms. The van der Waals surface area contributed by atoms with Gasteiger partial charge in [0.25, 0.3) is 0 Å². The molecule has 0 N–H and O–H groups in total. The second kappa shape index (κ2) is 5.79. The first-order valence-electron chi connectivity index (χ1n) is 8.79. The van der Waals surface area contributed by atoms with E-state index in [4.69, 9.17) is 9.47 Å². The molecule has 0 radical (unpaired) electrons. The molecule has 5 nitrogen and oxygen atoms in total. The molecule has 1 aliphatic heterocycles. The van der Waals surface area contributed by atoms with Crippen LogP contribution < -0.4 is 10.2 Å². The molecule has 2 aliphatic rings. The van der Waals surface area contributed by atoms with E-state index in [1.54, 1.807) is 18.4 Å². The van der Waals surface area contributed by atoms with Crippen molar-refractivity contribution in [1.29, 1.82) is 0 Å². The van der Waals surface area contributed by atoms with Crippen molar-refractivity contribution in [3.63, 3.8) is 0 Å². The number of carbonyl (C=O) groups is 1. The van der Waals surface area contributed by atoms with Gasteiger partial charge in [-0.15, -0.1) is 0 Å². The molecule has 1 unspecified atom stereocenters. The Balaban J connectivity index is 2.12. The van der Waals surface area contributed by atoms with Crippen LogP contribution in [0.4, 0.5) is 8.78 Å². The van der Waals surface area contributed by atoms with Gasteiger partial charge in [0.2, 0.25) is 11.2 Å². The van der Waals surface area contributed by atoms with Gasteiger partial charge in [0, 0.05) is 18.2 Å². The molecule has 0 amide bonds. The van der Waals surface area contributed by atoms with E-state index >= 15 is 0 Å². The second-order valence-corrected chi connectivity index (χ2v) is 7.07. The summed E-state index contributed by atoms with van der Waals surface area (Å²) in [5.41, 5.74) is -1.01. The number of rotatable bonds is 2. The zero-order chi connectivity index (χ0) is 18.6. The average molecular weight is 363 g/mol. The van der Waals surface area contributed by atoms with E-state index in [-0.39, 0.29) is 40.5 Å². The molecule has 26 heavy (non-hydrogen) atoms. The van der Waals surface area contributed by atoms with E-state index in [0.717, 1.165) is 25.3 Å². The predicted octanol–water partition coefficient (Wildman–Crippen LogP) is 3.51. The molecule has 4 rings (SSSR count). The molecule has 1 saturated carbocycles. The molecule has 1 spiro atoms. The number of fused-ring (bicyclic) bond motifs is 1. The van der Waals surface area contributed by atoms with Crippen LogP contribution in [0.3, 0.4) is 0 Å². The Kier molecular flexibility index (Phi) is 3.78. The van der Waals surface area contributed by atoms with Crippen LogP contribution in [0.25, 0.3) is 10.9 Å². The Morgan fingerprint density at radius 2 is 2.15 bits per heavy atom. The maximum Gasteiger partial charge on any atom is 0.343 e. The van der Waals surface area contributed by atoms with Crippen molar-refractivity contribution in [3.8, 4) is 5.75 Å². The largest absolute Gasteiger partial charge is 0.485 e. The molecule has 0 bridgehead atoms. The lowest BCUT2D eigenvalue weighted by Gasteiger charge is -2.44. The number of benzene rings is 1. The summed E-state index contributed by atoms with van der Waals surface area (Å²) in [6.07, 6.45) is 4.29. The Labute approximate surface area is 148 Å². The Morgan fingerprint density at radius 1 is 1.42 bits per heavy atom. The van der Waals surface area contributed by atoms with Crippen molar-refractivity contribution >= 4 is 16.9 Å². The molecule has 138 valence electrons. The minimum absolute atomic E-state index is 0.0650. The van der Waals surface area contributed by atoms with Gasteiger partial charge in [-0.05, 0) is 39.2 Å². The number of hydrogen-bond acceptors (Lipinski definition) is 4. The lowest BCUT2D eigenvalue weighted by atomic mass is 9.72. The number of aromatic nitrogens is 1. The van der Waals surface area contributed by atoms with E-state index in [0.29, 0.717) is 6.42 Å². The van der Waals surface area contributed by atoms with Gasteiger partial charge in [-0.1, -0.05) is 0 Å². The fraction of sp³-hybridized carbons (Fsp3) is 0.474. The Morgan fingerprint density at radius 3 is 2.77 bits per heavy atom. The zero-order valence-electron chi connectivity index (χ0n) is 14.6. The molecular weight excluding hydrogens is 344 g/mol. The van der Waals surface area contributed by atoms with E-state index in [1.165, 1.54) is 6.20 Å². The smallest absolute Gasteiger partial charge is 0.343 e. The molecular formula is C19H19F2NO4. The molecule has 1 aliphatic carbocycles. The van der Waals surface area contributed by atoms with Crippen LogP contribution in [0.15, 0.2) is 17.1 Å². The van der Waals surface area contributed by atoms with Gasteiger partial charge in [0.1, 0.15) is 5.56 Å². The molecule has 1 fully saturated rings. The first kappa shape index (κ1) is 17.0. The SMILES string of the molecule is CCOC(=O)c1cn2c3c(c(F)c(F)cc3c1=O)OC(C)CC21CCC1. The molecule has 1 aromatic heterocycles. The number of hydrogen-bond donors (Lipinski definition) is 0. The van der Waals surface area contributed by atoms with E-state index in [9.17, 15) is 18.4 Å². The van der Waals surface area contributed by atoms with Gasteiger partial charge in [-0.2, -0.15) is 4.39 Å². The van der Waals surface area contributed by atoms with Gasteiger partial charge in [-0.25, -0.2) is 9.18 Å². The van der Waals surface area contributed by atoms with Crippen molar-refractivity contribution in [2.75, 3.05) is 6.61 Å². The maximum atomic E-state index is 14.5. The minimum Gasteiger partial charge on any atom is -0.485 e. The van der Waals surface area contributed by atoms with Crippen LogP contribution >= 0.6 is 0 Å². The van der Waals surface area contributed by atoms with Crippen LogP contribution in [0.1, 0.15) is 49.9 Å². The van der Waals surface area contributed by atoms with Crippen LogP contribution in [0.5, 0.6) is 5.75 Å². The van der Waals surface area contributed by atoms with E-state index in [2.05, 4.69) is 0 Å². The molecule has 1 aromatic carbocycles. The third-order valence-corrected chi connectivity index (χ3v) is 5.42. The van der Waals surface area contributed by atoms with Crippen LogP contribution in [-0.2, 0) is 10.3 Å². The van der Waals surface area contributed by atoms with Crippen LogP contribution in [0, 0.1) is 11.6 Å². The number of halogens is 2. The number of nitrogens with zero attached hydrogens (tertiary/aromatic N) is 1. The zero-order valence-corrected chi connectivity index (χ0v) is 14.6. The summed E-state index contributed by atoms with van der Waals surface area (Å²) in [4.78, 5) is 25.1. The Bertz CT molecular complexity index is 978. The van der Waals surface area contributed by atoms with Gasteiger partial charge in [0.05, 0.1) is 23.6 Å².